The molecule has 0 heterocycles. The number of hydrogen-bond acceptors (Lipinski definition) is 2. The van der Waals surface area contributed by atoms with E-state index in [0.29, 0.717) is 12.1 Å². The van der Waals surface area contributed by atoms with Crippen molar-refractivity contribution in [2.75, 3.05) is 0 Å². The smallest absolute Gasteiger partial charge is 0.0898 e. The van der Waals surface area contributed by atoms with Gasteiger partial charge >= 0.3 is 0 Å². The summed E-state index contributed by atoms with van der Waals surface area (Å²) in [5, 5.41) is 0. The summed E-state index contributed by atoms with van der Waals surface area (Å²) in [7, 11) is 0. The van der Waals surface area contributed by atoms with E-state index in [1.54, 1.807) is 0 Å². The van der Waals surface area contributed by atoms with Crippen molar-refractivity contribution in [2.24, 2.45) is 9.98 Å². The molecule has 0 aromatic rings. The topological polar surface area (TPSA) is 24.7 Å². The van der Waals surface area contributed by atoms with E-state index in [4.69, 9.17) is 9.98 Å². The highest BCUT2D eigenvalue weighted by Gasteiger charge is 2.09. The molecule has 2 aliphatic rings. The van der Waals surface area contributed by atoms with Crippen LogP contribution in [-0.2, 0) is 0 Å². The highest BCUT2D eigenvalue weighted by molar-refractivity contribution is 5.42. The van der Waals surface area contributed by atoms with Crippen LogP contribution in [0.4, 0.5) is 0 Å². The molecule has 0 aliphatic heterocycles. The maximum atomic E-state index is 4.94. The van der Waals surface area contributed by atoms with Crippen molar-refractivity contribution < 1.29 is 0 Å². The van der Waals surface area contributed by atoms with Gasteiger partial charge < -0.3 is 0 Å². The molecule has 0 N–H and O–H groups in total. The lowest BCUT2D eigenvalue weighted by atomic mass is 9.99. The van der Waals surface area contributed by atoms with E-state index in [2.05, 4.69) is 6.01 Å². The lowest BCUT2D eigenvalue weighted by Crippen LogP contribution is -2.07. The quantitative estimate of drug-likeness (QED) is 0.347. The third-order valence-corrected chi connectivity index (χ3v) is 8.63. The Balaban J connectivity index is 1.81. The van der Waals surface area contributed by atoms with Crippen molar-refractivity contribution in [1.29, 1.82) is 0 Å². The fourth-order valence-corrected chi connectivity index (χ4v) is 6.15. The molecule has 0 saturated heterocycles. The molecule has 0 bridgehead atoms. The van der Waals surface area contributed by atoms with E-state index in [0.717, 1.165) is 0 Å². The molecule has 2 fully saturated rings. The molecule has 0 atom stereocenters. The first kappa shape index (κ1) is 30.6. The van der Waals surface area contributed by atoms with Crippen LogP contribution in [-0.4, -0.2) is 18.1 Å². The Morgan fingerprint density at radius 3 is 0.629 bits per heavy atom. The molecule has 2 nitrogen and oxygen atoms in total. The summed E-state index contributed by atoms with van der Waals surface area (Å²) in [5.74, 6) is 0. The lowest BCUT2D eigenvalue weighted by molar-refractivity contribution is 0.468. The average Bonchev–Trinajstić information content (AvgIpc) is 2.86. The van der Waals surface area contributed by atoms with Crippen LogP contribution in [0.1, 0.15) is 193 Å². The lowest BCUT2D eigenvalue weighted by Gasteiger charge is -2.13. The zero-order valence-corrected chi connectivity index (χ0v) is 23.8. The van der Waals surface area contributed by atoms with E-state index in [9.17, 15) is 0 Å². The molecular formula is C33H62N2. The maximum Gasteiger partial charge on any atom is 0.0898 e. The molecule has 204 valence electrons. The van der Waals surface area contributed by atoms with Crippen molar-refractivity contribution >= 4 is 6.01 Å². The van der Waals surface area contributed by atoms with Gasteiger partial charge in [0.15, 0.2) is 0 Å². The van der Waals surface area contributed by atoms with Gasteiger partial charge in [0.25, 0.3) is 0 Å². The molecule has 35 heavy (non-hydrogen) atoms. The van der Waals surface area contributed by atoms with Gasteiger partial charge in [0.1, 0.15) is 0 Å². The van der Waals surface area contributed by atoms with Crippen molar-refractivity contribution in [3.63, 3.8) is 0 Å². The zero-order valence-electron chi connectivity index (χ0n) is 23.8. The van der Waals surface area contributed by atoms with Crippen molar-refractivity contribution in [3.8, 4) is 0 Å². The monoisotopic (exact) mass is 486 g/mol. The Labute approximate surface area is 220 Å². The maximum absolute atomic E-state index is 4.94. The minimum absolute atomic E-state index is 0.470. The van der Waals surface area contributed by atoms with E-state index in [1.807, 2.05) is 0 Å². The predicted molar refractivity (Wildman–Crippen MR) is 156 cm³/mol. The SMILES string of the molecule is C(=NC1CCCCCCCCCCCCCCC1)=NC1CCCCCCCCCCCCCCC1. The van der Waals surface area contributed by atoms with Gasteiger partial charge in [-0.05, 0) is 25.7 Å². The fourth-order valence-electron chi connectivity index (χ4n) is 6.15. The summed E-state index contributed by atoms with van der Waals surface area (Å²) in [6.07, 6.45) is 42.1. The molecule has 0 radical (unpaired) electrons. The summed E-state index contributed by atoms with van der Waals surface area (Å²) >= 11 is 0. The molecule has 2 heteroatoms. The highest BCUT2D eigenvalue weighted by Crippen LogP contribution is 2.20. The van der Waals surface area contributed by atoms with E-state index < -0.39 is 0 Å². The molecule has 2 aliphatic carbocycles. The molecule has 0 aromatic heterocycles. The van der Waals surface area contributed by atoms with Gasteiger partial charge in [0.05, 0.1) is 18.1 Å². The number of rotatable bonds is 2. The van der Waals surface area contributed by atoms with Crippen LogP contribution in [0.5, 0.6) is 0 Å². The van der Waals surface area contributed by atoms with Gasteiger partial charge in [0.2, 0.25) is 0 Å². The summed E-state index contributed by atoms with van der Waals surface area (Å²) in [6.45, 7) is 0. The molecular weight excluding hydrogens is 424 g/mol. The van der Waals surface area contributed by atoms with Gasteiger partial charge in [-0.15, -0.1) is 0 Å². The van der Waals surface area contributed by atoms with Gasteiger partial charge in [-0.2, -0.15) is 0 Å². The van der Waals surface area contributed by atoms with Crippen LogP contribution in [0.2, 0.25) is 0 Å². The van der Waals surface area contributed by atoms with E-state index >= 15 is 0 Å². The Morgan fingerprint density at radius 1 is 0.257 bits per heavy atom. The normalized spacial score (nSPS) is 24.2. The largest absolute Gasteiger partial charge is 0.222 e. The minimum Gasteiger partial charge on any atom is -0.222 e. The van der Waals surface area contributed by atoms with Crippen LogP contribution in [0, 0.1) is 0 Å². The van der Waals surface area contributed by atoms with Crippen LogP contribution in [0.15, 0.2) is 9.98 Å². The standard InChI is InChI=1S/C33H62N2/c1-3-7-11-15-19-23-27-32(28-24-20-16-12-8-4-1)34-31-35-33-29-25-21-17-13-9-5-2-6-10-14-18-22-26-30-33/h32-33H,1-30H2. The molecule has 0 amide bonds. The number of nitrogens with zero attached hydrogens (tertiary/aromatic N) is 2. The highest BCUT2D eigenvalue weighted by atomic mass is 14.9. The summed E-state index contributed by atoms with van der Waals surface area (Å²) < 4.78 is 0. The first-order valence-corrected chi connectivity index (χ1v) is 16.6. The van der Waals surface area contributed by atoms with Gasteiger partial charge in [-0.1, -0.05) is 167 Å². The van der Waals surface area contributed by atoms with Gasteiger partial charge in [-0.3, -0.25) is 0 Å². The van der Waals surface area contributed by atoms with Crippen molar-refractivity contribution in [3.05, 3.63) is 0 Å². The van der Waals surface area contributed by atoms with Crippen molar-refractivity contribution in [2.45, 2.75) is 205 Å². The van der Waals surface area contributed by atoms with Gasteiger partial charge in [0, 0.05) is 0 Å². The third-order valence-electron chi connectivity index (χ3n) is 8.63. The molecule has 0 unspecified atom stereocenters. The number of aliphatic imine (C=N–C) groups is 2. The molecule has 2 saturated carbocycles. The first-order valence-electron chi connectivity index (χ1n) is 16.6. The van der Waals surface area contributed by atoms with E-state index in [-0.39, 0.29) is 0 Å². The minimum atomic E-state index is 0.470. The predicted octanol–water partition coefficient (Wildman–Crippen LogP) is 11.6. The summed E-state index contributed by atoms with van der Waals surface area (Å²) in [4.78, 5) is 9.89. The third kappa shape index (κ3) is 19.2. The molecule has 0 spiro atoms. The average molecular weight is 487 g/mol. The molecule has 0 aromatic carbocycles. The zero-order chi connectivity index (χ0) is 24.5. The second-order valence-corrected chi connectivity index (χ2v) is 12.0. The number of hydrogen-bond donors (Lipinski definition) is 0. The second kappa shape index (κ2) is 23.8. The van der Waals surface area contributed by atoms with Crippen molar-refractivity contribution in [1.82, 2.24) is 0 Å². The summed E-state index contributed by atoms with van der Waals surface area (Å²) in [6, 6.07) is 4.22. The van der Waals surface area contributed by atoms with Crippen LogP contribution in [0.3, 0.4) is 0 Å². The van der Waals surface area contributed by atoms with E-state index in [1.165, 1.54) is 193 Å². The van der Waals surface area contributed by atoms with Crippen LogP contribution >= 0.6 is 0 Å². The van der Waals surface area contributed by atoms with Crippen LogP contribution in [0.25, 0.3) is 0 Å². The Morgan fingerprint density at radius 2 is 0.429 bits per heavy atom. The second-order valence-electron chi connectivity index (χ2n) is 12.0. The van der Waals surface area contributed by atoms with Gasteiger partial charge in [-0.25, -0.2) is 9.98 Å². The summed E-state index contributed by atoms with van der Waals surface area (Å²) in [5.41, 5.74) is 0. The molecule has 2 rings (SSSR count). The fraction of sp³-hybridized carbons (Fsp3) is 0.970. The Hall–Kier alpha value is -0.620. The van der Waals surface area contributed by atoms with Crippen LogP contribution < -0.4 is 0 Å². The Bertz CT molecular complexity index is 433. The Kier molecular flexibility index (Phi) is 20.8. The first-order chi connectivity index (χ1) is 17.4.